The molecule has 2 rings (SSSR count). The molecule has 0 saturated heterocycles. The standard InChI is InChI=1S/C14H11NO5/c16-11-7-3-5-9(12(11)17)13(18)15-10-6-2-1-4-8(10)14(19)20/h1-7,16-17H,(H,15,18)(H,19,20). The first kappa shape index (κ1) is 13.4. The number of carboxylic acids is 1. The average Bonchev–Trinajstić information content (AvgIpc) is 2.42. The van der Waals surface area contributed by atoms with Gasteiger partial charge in [0.25, 0.3) is 5.91 Å². The third kappa shape index (κ3) is 2.54. The van der Waals surface area contributed by atoms with E-state index >= 15 is 0 Å². The minimum Gasteiger partial charge on any atom is -0.504 e. The van der Waals surface area contributed by atoms with Gasteiger partial charge in [-0.1, -0.05) is 18.2 Å². The van der Waals surface area contributed by atoms with Crippen LogP contribution < -0.4 is 5.32 Å². The summed E-state index contributed by atoms with van der Waals surface area (Å²) in [7, 11) is 0. The quantitative estimate of drug-likeness (QED) is 0.640. The molecule has 0 atom stereocenters. The van der Waals surface area contributed by atoms with Crippen LogP contribution in [-0.2, 0) is 0 Å². The summed E-state index contributed by atoms with van der Waals surface area (Å²) < 4.78 is 0. The molecule has 0 aromatic heterocycles. The molecule has 0 bridgehead atoms. The third-order valence-corrected chi connectivity index (χ3v) is 2.67. The van der Waals surface area contributed by atoms with Crippen molar-refractivity contribution in [3.8, 4) is 11.5 Å². The predicted molar refractivity (Wildman–Crippen MR) is 71.1 cm³/mol. The van der Waals surface area contributed by atoms with Crippen LogP contribution in [0, 0.1) is 0 Å². The Labute approximate surface area is 113 Å². The third-order valence-electron chi connectivity index (χ3n) is 2.67. The molecule has 0 aliphatic carbocycles. The monoisotopic (exact) mass is 273 g/mol. The van der Waals surface area contributed by atoms with Gasteiger partial charge in [0.05, 0.1) is 16.8 Å². The Bertz CT molecular complexity index is 681. The Morgan fingerprint density at radius 1 is 0.900 bits per heavy atom. The first-order valence-corrected chi connectivity index (χ1v) is 5.65. The molecule has 0 unspecified atom stereocenters. The lowest BCUT2D eigenvalue weighted by Gasteiger charge is -2.09. The number of carboxylic acid groups (broad SMARTS) is 1. The van der Waals surface area contributed by atoms with Crippen LogP contribution >= 0.6 is 0 Å². The van der Waals surface area contributed by atoms with Gasteiger partial charge in [0.2, 0.25) is 0 Å². The van der Waals surface area contributed by atoms with Crippen LogP contribution in [-0.4, -0.2) is 27.2 Å². The molecule has 0 saturated carbocycles. The maximum atomic E-state index is 12.0. The van der Waals surface area contributed by atoms with Gasteiger partial charge in [-0.05, 0) is 24.3 Å². The van der Waals surface area contributed by atoms with Gasteiger partial charge in [0, 0.05) is 0 Å². The van der Waals surface area contributed by atoms with Crippen LogP contribution in [0.2, 0.25) is 0 Å². The number of aromatic carboxylic acids is 1. The van der Waals surface area contributed by atoms with Gasteiger partial charge in [-0.2, -0.15) is 0 Å². The Balaban J connectivity index is 2.33. The lowest BCUT2D eigenvalue weighted by Crippen LogP contribution is -2.14. The summed E-state index contributed by atoms with van der Waals surface area (Å²) in [6.45, 7) is 0. The number of amides is 1. The topological polar surface area (TPSA) is 107 Å². The molecule has 6 heteroatoms. The molecule has 0 aliphatic rings. The number of nitrogens with one attached hydrogen (secondary N) is 1. The number of rotatable bonds is 3. The minimum atomic E-state index is -1.18. The number of aromatic hydroxyl groups is 2. The second kappa shape index (κ2) is 5.31. The van der Waals surface area contributed by atoms with E-state index < -0.39 is 23.4 Å². The molecule has 0 spiro atoms. The molecule has 6 nitrogen and oxygen atoms in total. The van der Waals surface area contributed by atoms with E-state index in [1.807, 2.05) is 0 Å². The highest BCUT2D eigenvalue weighted by Gasteiger charge is 2.16. The molecule has 2 aromatic rings. The maximum Gasteiger partial charge on any atom is 0.337 e. The molecule has 2 aromatic carbocycles. The Morgan fingerprint density at radius 3 is 2.25 bits per heavy atom. The number of para-hydroxylation sites is 2. The molecule has 0 fully saturated rings. The van der Waals surface area contributed by atoms with Gasteiger partial charge >= 0.3 is 5.97 Å². The first-order chi connectivity index (χ1) is 9.50. The first-order valence-electron chi connectivity index (χ1n) is 5.65. The minimum absolute atomic E-state index is 0.0690. The molecule has 4 N–H and O–H groups in total. The lowest BCUT2D eigenvalue weighted by atomic mass is 10.1. The fourth-order valence-corrected chi connectivity index (χ4v) is 1.68. The molecule has 102 valence electrons. The summed E-state index contributed by atoms with van der Waals surface area (Å²) in [4.78, 5) is 23.0. The van der Waals surface area contributed by atoms with E-state index in [2.05, 4.69) is 5.32 Å². The average molecular weight is 273 g/mol. The number of hydrogen-bond acceptors (Lipinski definition) is 4. The van der Waals surface area contributed by atoms with Crippen LogP contribution in [0.25, 0.3) is 0 Å². The van der Waals surface area contributed by atoms with Crippen LogP contribution in [0.4, 0.5) is 5.69 Å². The molecule has 0 heterocycles. The van der Waals surface area contributed by atoms with Crippen molar-refractivity contribution in [3.63, 3.8) is 0 Å². The van der Waals surface area contributed by atoms with Crippen LogP contribution in [0.15, 0.2) is 42.5 Å². The zero-order chi connectivity index (χ0) is 14.7. The number of phenols is 2. The van der Waals surface area contributed by atoms with E-state index in [-0.39, 0.29) is 16.8 Å². The van der Waals surface area contributed by atoms with Crippen molar-refractivity contribution < 1.29 is 24.9 Å². The summed E-state index contributed by atoms with van der Waals surface area (Å²) in [6, 6.07) is 9.83. The van der Waals surface area contributed by atoms with Gasteiger partial charge in [-0.15, -0.1) is 0 Å². The summed E-state index contributed by atoms with van der Waals surface area (Å²) >= 11 is 0. The van der Waals surface area contributed by atoms with E-state index in [9.17, 15) is 19.8 Å². The highest BCUT2D eigenvalue weighted by molar-refractivity contribution is 6.09. The van der Waals surface area contributed by atoms with Crippen molar-refractivity contribution in [2.45, 2.75) is 0 Å². The second-order valence-corrected chi connectivity index (χ2v) is 3.98. The number of anilines is 1. The summed E-state index contributed by atoms with van der Waals surface area (Å²) in [5.41, 5.74) is -0.113. The van der Waals surface area contributed by atoms with Crippen LogP contribution in [0.1, 0.15) is 20.7 Å². The van der Waals surface area contributed by atoms with E-state index in [4.69, 9.17) is 5.11 Å². The predicted octanol–water partition coefficient (Wildman–Crippen LogP) is 2.05. The van der Waals surface area contributed by atoms with Gasteiger partial charge in [0.1, 0.15) is 0 Å². The Morgan fingerprint density at radius 2 is 1.55 bits per heavy atom. The molecule has 1 amide bonds. The number of hydrogen-bond donors (Lipinski definition) is 4. The fourth-order valence-electron chi connectivity index (χ4n) is 1.68. The smallest absolute Gasteiger partial charge is 0.337 e. The Kier molecular flexibility index (Phi) is 3.56. The zero-order valence-electron chi connectivity index (χ0n) is 10.2. The van der Waals surface area contributed by atoms with Gasteiger partial charge in [-0.3, -0.25) is 4.79 Å². The van der Waals surface area contributed by atoms with Crippen molar-refractivity contribution in [2.24, 2.45) is 0 Å². The van der Waals surface area contributed by atoms with E-state index in [1.54, 1.807) is 6.07 Å². The van der Waals surface area contributed by atoms with Crippen molar-refractivity contribution in [1.29, 1.82) is 0 Å². The van der Waals surface area contributed by atoms with Crippen molar-refractivity contribution >= 4 is 17.6 Å². The molecular formula is C14H11NO5. The number of phenolic OH excluding ortho intramolecular Hbond substituents is 2. The normalized spacial score (nSPS) is 10.0. The molecule has 0 radical (unpaired) electrons. The van der Waals surface area contributed by atoms with E-state index in [1.165, 1.54) is 36.4 Å². The van der Waals surface area contributed by atoms with E-state index in [0.717, 1.165) is 0 Å². The van der Waals surface area contributed by atoms with Crippen molar-refractivity contribution in [3.05, 3.63) is 53.6 Å². The maximum absolute atomic E-state index is 12.0. The molecular weight excluding hydrogens is 262 g/mol. The highest BCUT2D eigenvalue weighted by Crippen LogP contribution is 2.29. The molecule has 0 aliphatic heterocycles. The van der Waals surface area contributed by atoms with Crippen molar-refractivity contribution in [1.82, 2.24) is 0 Å². The Hall–Kier alpha value is -3.02. The summed E-state index contributed by atoms with van der Waals surface area (Å²) in [5, 5.41) is 30.3. The SMILES string of the molecule is O=C(O)c1ccccc1NC(=O)c1cccc(O)c1O. The highest BCUT2D eigenvalue weighted by atomic mass is 16.4. The number of carbonyl (C=O) groups is 2. The van der Waals surface area contributed by atoms with E-state index in [0.29, 0.717) is 0 Å². The van der Waals surface area contributed by atoms with Crippen LogP contribution in [0.3, 0.4) is 0 Å². The number of benzene rings is 2. The van der Waals surface area contributed by atoms with Gasteiger partial charge in [0.15, 0.2) is 11.5 Å². The zero-order valence-corrected chi connectivity index (χ0v) is 10.2. The molecule has 20 heavy (non-hydrogen) atoms. The summed E-state index contributed by atoms with van der Waals surface area (Å²) in [5.74, 6) is -2.88. The second-order valence-electron chi connectivity index (χ2n) is 3.98. The van der Waals surface area contributed by atoms with Gasteiger partial charge < -0.3 is 20.6 Å². The number of carbonyl (C=O) groups excluding carboxylic acids is 1. The lowest BCUT2D eigenvalue weighted by molar-refractivity contribution is 0.0698. The fraction of sp³-hybridized carbons (Fsp3) is 0. The van der Waals surface area contributed by atoms with Crippen molar-refractivity contribution in [2.75, 3.05) is 5.32 Å². The largest absolute Gasteiger partial charge is 0.504 e. The van der Waals surface area contributed by atoms with Gasteiger partial charge in [-0.25, -0.2) is 4.79 Å². The van der Waals surface area contributed by atoms with Crippen LogP contribution in [0.5, 0.6) is 11.5 Å². The summed E-state index contributed by atoms with van der Waals surface area (Å²) in [6.07, 6.45) is 0.